The predicted molar refractivity (Wildman–Crippen MR) is 84.3 cm³/mol. The maximum absolute atomic E-state index is 11.1. The molecule has 0 bridgehead atoms. The number of nitriles is 1. The number of aromatic nitrogens is 1. The quantitative estimate of drug-likeness (QED) is 0.929. The van der Waals surface area contributed by atoms with Crippen molar-refractivity contribution in [2.45, 2.75) is 33.3 Å². The molecule has 0 aliphatic carbocycles. The van der Waals surface area contributed by atoms with Crippen LogP contribution in [0.1, 0.15) is 41.7 Å². The highest BCUT2D eigenvalue weighted by Gasteiger charge is 2.18. The van der Waals surface area contributed by atoms with Gasteiger partial charge in [-0.1, -0.05) is 0 Å². The van der Waals surface area contributed by atoms with Gasteiger partial charge in [0.05, 0.1) is 11.3 Å². The average molecular weight is 316 g/mol. The summed E-state index contributed by atoms with van der Waals surface area (Å²) < 4.78 is 5.75. The first-order valence-electron chi connectivity index (χ1n) is 6.65. The Kier molecular flexibility index (Phi) is 4.20. The summed E-state index contributed by atoms with van der Waals surface area (Å²) in [6.45, 7) is 7.38. The lowest BCUT2D eigenvalue weighted by Crippen LogP contribution is -2.23. The average Bonchev–Trinajstić information content (AvgIpc) is 2.79. The number of ether oxygens (including phenoxy) is 1. The minimum Gasteiger partial charge on any atom is -0.487 e. The van der Waals surface area contributed by atoms with Gasteiger partial charge in [0.2, 0.25) is 0 Å². The lowest BCUT2D eigenvalue weighted by molar-refractivity contribution is 0.0701. The van der Waals surface area contributed by atoms with Crippen LogP contribution in [0, 0.1) is 18.3 Å². The van der Waals surface area contributed by atoms with Crippen LogP contribution in [0.3, 0.4) is 0 Å². The molecule has 2 aromatic rings. The third-order valence-electron chi connectivity index (χ3n) is 2.75. The lowest BCUT2D eigenvalue weighted by Gasteiger charge is -2.22. The summed E-state index contributed by atoms with van der Waals surface area (Å²) in [6, 6.07) is 7.28. The Bertz CT molecular complexity index is 767. The van der Waals surface area contributed by atoms with E-state index in [2.05, 4.69) is 11.1 Å². The number of aryl methyl sites for hydroxylation is 1. The molecule has 0 fully saturated rings. The normalized spacial score (nSPS) is 11.0. The van der Waals surface area contributed by atoms with Crippen molar-refractivity contribution >= 4 is 17.3 Å². The Morgan fingerprint density at radius 1 is 1.41 bits per heavy atom. The van der Waals surface area contributed by atoms with E-state index in [0.717, 1.165) is 11.3 Å². The molecular weight excluding hydrogens is 300 g/mol. The highest BCUT2D eigenvalue weighted by atomic mass is 32.1. The molecule has 0 atom stereocenters. The molecule has 5 nitrogen and oxygen atoms in total. The first-order valence-corrected chi connectivity index (χ1v) is 7.47. The van der Waals surface area contributed by atoms with Crippen LogP contribution in [-0.2, 0) is 0 Å². The van der Waals surface area contributed by atoms with E-state index in [1.165, 1.54) is 0 Å². The highest BCUT2D eigenvalue weighted by Crippen LogP contribution is 2.32. The highest BCUT2D eigenvalue weighted by molar-refractivity contribution is 7.17. The number of carboxylic acids is 1. The van der Waals surface area contributed by atoms with Gasteiger partial charge in [-0.3, -0.25) is 0 Å². The molecule has 1 N–H and O–H groups in total. The van der Waals surface area contributed by atoms with Crippen LogP contribution in [0.5, 0.6) is 5.75 Å². The van der Waals surface area contributed by atoms with Gasteiger partial charge in [0.1, 0.15) is 27.3 Å². The molecule has 114 valence electrons. The summed E-state index contributed by atoms with van der Waals surface area (Å²) >= 11 is 1.10. The zero-order chi connectivity index (χ0) is 16.5. The Labute approximate surface area is 132 Å². The molecule has 1 aromatic heterocycles. The Morgan fingerprint density at radius 2 is 2.09 bits per heavy atom. The number of carbonyl (C=O) groups is 1. The zero-order valence-corrected chi connectivity index (χ0v) is 13.6. The van der Waals surface area contributed by atoms with E-state index in [-0.39, 0.29) is 4.88 Å². The monoisotopic (exact) mass is 316 g/mol. The molecule has 0 aliphatic heterocycles. The van der Waals surface area contributed by atoms with Crippen molar-refractivity contribution in [2.75, 3.05) is 0 Å². The summed E-state index contributed by atoms with van der Waals surface area (Å²) in [6.07, 6.45) is 0. The predicted octanol–water partition coefficient (Wildman–Crippen LogP) is 3.87. The minimum absolute atomic E-state index is 0.212. The first kappa shape index (κ1) is 16.0. The van der Waals surface area contributed by atoms with Crippen molar-refractivity contribution in [3.63, 3.8) is 0 Å². The summed E-state index contributed by atoms with van der Waals surface area (Å²) in [7, 11) is 0. The van der Waals surface area contributed by atoms with Crippen molar-refractivity contribution in [3.8, 4) is 22.4 Å². The van der Waals surface area contributed by atoms with Crippen molar-refractivity contribution in [2.24, 2.45) is 0 Å². The maximum atomic E-state index is 11.1. The molecular formula is C16H16N2O3S. The summed E-state index contributed by atoms with van der Waals surface area (Å²) in [5.41, 5.74) is 1.18. The van der Waals surface area contributed by atoms with E-state index in [1.807, 2.05) is 20.8 Å². The van der Waals surface area contributed by atoms with Crippen LogP contribution in [0.4, 0.5) is 0 Å². The summed E-state index contributed by atoms with van der Waals surface area (Å²) in [4.78, 5) is 15.6. The van der Waals surface area contributed by atoms with Crippen molar-refractivity contribution in [3.05, 3.63) is 34.3 Å². The van der Waals surface area contributed by atoms with E-state index >= 15 is 0 Å². The second kappa shape index (κ2) is 5.78. The molecule has 0 amide bonds. The fourth-order valence-electron chi connectivity index (χ4n) is 1.89. The van der Waals surface area contributed by atoms with E-state index in [9.17, 15) is 10.1 Å². The van der Waals surface area contributed by atoms with Crippen molar-refractivity contribution in [1.29, 1.82) is 5.26 Å². The second-order valence-corrected chi connectivity index (χ2v) is 6.77. The Hall–Kier alpha value is -2.39. The van der Waals surface area contributed by atoms with Crippen molar-refractivity contribution in [1.82, 2.24) is 4.98 Å². The number of nitrogens with zero attached hydrogens (tertiary/aromatic N) is 2. The Balaban J connectivity index is 2.44. The third-order valence-corrected chi connectivity index (χ3v) is 3.95. The number of hydrogen-bond acceptors (Lipinski definition) is 5. The van der Waals surface area contributed by atoms with Gasteiger partial charge in [-0.15, -0.1) is 11.3 Å². The van der Waals surface area contributed by atoms with Gasteiger partial charge in [-0.05, 0) is 45.9 Å². The number of rotatable bonds is 3. The summed E-state index contributed by atoms with van der Waals surface area (Å²) in [5, 5.41) is 19.0. The standard InChI is InChI=1S/C16H16N2O3S/c1-9-13(15(19)20)22-14(18-9)10-5-6-12(11(7-10)8-17)21-16(2,3)4/h5-7H,1-4H3,(H,19,20). The molecule has 1 aromatic carbocycles. The van der Waals surface area contributed by atoms with Crippen LogP contribution in [0.25, 0.3) is 10.6 Å². The molecule has 0 aliphatic rings. The number of hydrogen-bond donors (Lipinski definition) is 1. The van der Waals surface area contributed by atoms with Crippen LogP contribution >= 0.6 is 11.3 Å². The van der Waals surface area contributed by atoms with Crippen LogP contribution in [0.15, 0.2) is 18.2 Å². The van der Waals surface area contributed by atoms with Gasteiger partial charge < -0.3 is 9.84 Å². The largest absolute Gasteiger partial charge is 0.487 e. The van der Waals surface area contributed by atoms with Gasteiger partial charge in [-0.2, -0.15) is 5.26 Å². The van der Waals surface area contributed by atoms with Gasteiger partial charge in [0.15, 0.2) is 0 Å². The van der Waals surface area contributed by atoms with E-state index in [1.54, 1.807) is 25.1 Å². The molecule has 22 heavy (non-hydrogen) atoms. The smallest absolute Gasteiger partial charge is 0.347 e. The second-order valence-electron chi connectivity index (χ2n) is 5.78. The Morgan fingerprint density at radius 3 is 2.59 bits per heavy atom. The van der Waals surface area contributed by atoms with Gasteiger partial charge in [0, 0.05) is 5.56 Å². The fraction of sp³-hybridized carbons (Fsp3) is 0.312. The van der Waals surface area contributed by atoms with Gasteiger partial charge in [0.25, 0.3) is 0 Å². The zero-order valence-electron chi connectivity index (χ0n) is 12.8. The van der Waals surface area contributed by atoms with Crippen LogP contribution < -0.4 is 4.74 Å². The van der Waals surface area contributed by atoms with E-state index < -0.39 is 11.6 Å². The maximum Gasteiger partial charge on any atom is 0.347 e. The summed E-state index contributed by atoms with van der Waals surface area (Å²) in [5.74, 6) is -0.486. The molecule has 1 heterocycles. The molecule has 0 radical (unpaired) electrons. The number of aromatic carboxylic acids is 1. The first-order chi connectivity index (χ1) is 10.2. The van der Waals surface area contributed by atoms with Crippen LogP contribution in [-0.4, -0.2) is 21.7 Å². The fourth-order valence-corrected chi connectivity index (χ4v) is 2.79. The SMILES string of the molecule is Cc1nc(-c2ccc(OC(C)(C)C)c(C#N)c2)sc1C(=O)O. The number of thiazole rings is 1. The molecule has 2 rings (SSSR count). The third kappa shape index (κ3) is 3.43. The molecule has 0 saturated heterocycles. The van der Waals surface area contributed by atoms with Gasteiger partial charge >= 0.3 is 5.97 Å². The van der Waals surface area contributed by atoms with Crippen LogP contribution in [0.2, 0.25) is 0 Å². The van der Waals surface area contributed by atoms with Gasteiger partial charge in [-0.25, -0.2) is 9.78 Å². The molecule has 0 saturated carbocycles. The molecule has 0 spiro atoms. The van der Waals surface area contributed by atoms with E-state index in [0.29, 0.717) is 27.6 Å². The number of benzene rings is 1. The lowest BCUT2D eigenvalue weighted by atomic mass is 10.1. The molecule has 6 heteroatoms. The minimum atomic E-state index is -0.991. The molecule has 0 unspecified atom stereocenters. The number of carboxylic acid groups (broad SMARTS) is 1. The topological polar surface area (TPSA) is 83.2 Å². The van der Waals surface area contributed by atoms with E-state index in [4.69, 9.17) is 9.84 Å². The van der Waals surface area contributed by atoms with Crippen molar-refractivity contribution < 1.29 is 14.6 Å².